The first-order valence-electron chi connectivity index (χ1n) is 9.31. The van der Waals surface area contributed by atoms with E-state index in [4.69, 9.17) is 0 Å². The molecule has 0 spiro atoms. The van der Waals surface area contributed by atoms with Gasteiger partial charge in [0.1, 0.15) is 11.5 Å². The van der Waals surface area contributed by atoms with Gasteiger partial charge in [-0.1, -0.05) is 18.2 Å². The second-order valence-electron chi connectivity index (χ2n) is 6.73. The lowest BCUT2D eigenvalue weighted by atomic mass is 10.2. The van der Waals surface area contributed by atoms with Crippen molar-refractivity contribution >= 4 is 23.4 Å². The molecule has 1 aliphatic heterocycles. The lowest BCUT2D eigenvalue weighted by Gasteiger charge is -2.35. The van der Waals surface area contributed by atoms with Crippen molar-refractivity contribution in [3.05, 3.63) is 72.2 Å². The standard InChI is InChI=1S/C21H22N6O/c1-16-5-4-6-17(15-16)24-21-23-10-8-18(25-21)20(28)27-13-11-26(12-14-27)19-7-2-3-9-22-19/h2-10,15H,11-14H2,1H3,(H,23,24,25). The van der Waals surface area contributed by atoms with Crippen molar-refractivity contribution in [1.29, 1.82) is 0 Å². The Morgan fingerprint density at radius 2 is 1.82 bits per heavy atom. The Balaban J connectivity index is 1.41. The molecule has 142 valence electrons. The quantitative estimate of drug-likeness (QED) is 0.757. The van der Waals surface area contributed by atoms with E-state index in [2.05, 4.69) is 25.2 Å². The first-order chi connectivity index (χ1) is 13.7. The molecule has 3 aromatic rings. The van der Waals surface area contributed by atoms with Crippen molar-refractivity contribution in [3.8, 4) is 0 Å². The third kappa shape index (κ3) is 4.09. The zero-order valence-electron chi connectivity index (χ0n) is 15.7. The number of aryl methyl sites for hydroxylation is 1. The maximum atomic E-state index is 12.9. The summed E-state index contributed by atoms with van der Waals surface area (Å²) in [4.78, 5) is 29.9. The number of nitrogens with one attached hydrogen (secondary N) is 1. The monoisotopic (exact) mass is 374 g/mol. The number of rotatable bonds is 4. The molecular formula is C21H22N6O. The van der Waals surface area contributed by atoms with Crippen LogP contribution in [0.2, 0.25) is 0 Å². The zero-order chi connectivity index (χ0) is 19.3. The van der Waals surface area contributed by atoms with Crippen LogP contribution in [0.25, 0.3) is 0 Å². The minimum absolute atomic E-state index is 0.0737. The van der Waals surface area contributed by atoms with Crippen molar-refractivity contribution in [2.45, 2.75) is 6.92 Å². The number of aromatic nitrogens is 3. The van der Waals surface area contributed by atoms with Crippen LogP contribution in [0, 0.1) is 6.92 Å². The highest BCUT2D eigenvalue weighted by Gasteiger charge is 2.23. The number of hydrogen-bond acceptors (Lipinski definition) is 6. The van der Waals surface area contributed by atoms with Crippen LogP contribution < -0.4 is 10.2 Å². The summed E-state index contributed by atoms with van der Waals surface area (Å²) in [5.74, 6) is 1.29. The molecule has 0 atom stereocenters. The minimum atomic E-state index is -0.0737. The largest absolute Gasteiger partial charge is 0.353 e. The first kappa shape index (κ1) is 17.9. The molecule has 0 radical (unpaired) electrons. The summed E-state index contributed by atoms with van der Waals surface area (Å²) >= 11 is 0. The van der Waals surface area contributed by atoms with Crippen LogP contribution in [0.3, 0.4) is 0 Å². The molecule has 1 fully saturated rings. The maximum Gasteiger partial charge on any atom is 0.272 e. The maximum absolute atomic E-state index is 12.9. The molecule has 3 heterocycles. The van der Waals surface area contributed by atoms with E-state index in [0.29, 0.717) is 24.7 Å². The number of nitrogens with zero attached hydrogens (tertiary/aromatic N) is 5. The van der Waals surface area contributed by atoms with Gasteiger partial charge in [-0.3, -0.25) is 4.79 Å². The summed E-state index contributed by atoms with van der Waals surface area (Å²) in [6, 6.07) is 15.5. The number of hydrogen-bond donors (Lipinski definition) is 1. The number of benzene rings is 1. The van der Waals surface area contributed by atoms with Crippen molar-refractivity contribution in [2.24, 2.45) is 0 Å². The van der Waals surface area contributed by atoms with E-state index < -0.39 is 0 Å². The van der Waals surface area contributed by atoms with Gasteiger partial charge in [0.15, 0.2) is 0 Å². The Morgan fingerprint density at radius 1 is 0.964 bits per heavy atom. The molecule has 2 aromatic heterocycles. The summed E-state index contributed by atoms with van der Waals surface area (Å²) in [5.41, 5.74) is 2.44. The minimum Gasteiger partial charge on any atom is -0.353 e. The summed E-state index contributed by atoms with van der Waals surface area (Å²) in [5, 5.41) is 3.16. The van der Waals surface area contributed by atoms with Gasteiger partial charge in [0.2, 0.25) is 5.95 Å². The Hall–Kier alpha value is -3.48. The van der Waals surface area contributed by atoms with E-state index in [1.165, 1.54) is 0 Å². The van der Waals surface area contributed by atoms with Gasteiger partial charge in [-0.2, -0.15) is 0 Å². The van der Waals surface area contributed by atoms with Crippen LogP contribution in [0.4, 0.5) is 17.5 Å². The smallest absolute Gasteiger partial charge is 0.272 e. The lowest BCUT2D eigenvalue weighted by Crippen LogP contribution is -2.49. The lowest BCUT2D eigenvalue weighted by molar-refractivity contribution is 0.0740. The third-order valence-electron chi connectivity index (χ3n) is 4.69. The van der Waals surface area contributed by atoms with E-state index in [9.17, 15) is 4.79 Å². The average Bonchev–Trinajstić information content (AvgIpc) is 2.74. The fourth-order valence-corrected chi connectivity index (χ4v) is 3.23. The van der Waals surface area contributed by atoms with E-state index in [1.54, 1.807) is 18.5 Å². The second kappa shape index (κ2) is 8.04. The molecule has 0 aliphatic carbocycles. The van der Waals surface area contributed by atoms with E-state index in [0.717, 1.165) is 30.2 Å². The summed E-state index contributed by atoms with van der Waals surface area (Å²) in [6.45, 7) is 4.81. The number of anilines is 3. The van der Waals surface area contributed by atoms with E-state index in [-0.39, 0.29) is 5.91 Å². The van der Waals surface area contributed by atoms with E-state index in [1.807, 2.05) is 54.3 Å². The Morgan fingerprint density at radius 3 is 2.57 bits per heavy atom. The van der Waals surface area contributed by atoms with Crippen molar-refractivity contribution in [3.63, 3.8) is 0 Å². The van der Waals surface area contributed by atoms with Gasteiger partial charge in [-0.25, -0.2) is 15.0 Å². The van der Waals surface area contributed by atoms with Crippen molar-refractivity contribution in [1.82, 2.24) is 19.9 Å². The van der Waals surface area contributed by atoms with Gasteiger partial charge >= 0.3 is 0 Å². The molecule has 1 saturated heterocycles. The molecule has 1 amide bonds. The number of carbonyl (C=O) groups is 1. The molecule has 0 bridgehead atoms. The molecular weight excluding hydrogens is 352 g/mol. The second-order valence-corrected chi connectivity index (χ2v) is 6.73. The van der Waals surface area contributed by atoms with Crippen LogP contribution in [0.15, 0.2) is 60.9 Å². The Kier molecular flexibility index (Phi) is 5.14. The molecule has 1 aliphatic rings. The number of pyridine rings is 1. The van der Waals surface area contributed by atoms with Gasteiger partial charge < -0.3 is 15.1 Å². The van der Waals surface area contributed by atoms with Gasteiger partial charge in [-0.05, 0) is 42.8 Å². The van der Waals surface area contributed by atoms with Crippen LogP contribution in [0.5, 0.6) is 0 Å². The van der Waals surface area contributed by atoms with Gasteiger partial charge in [0.05, 0.1) is 0 Å². The molecule has 28 heavy (non-hydrogen) atoms. The fourth-order valence-electron chi connectivity index (χ4n) is 3.23. The Bertz CT molecular complexity index is 954. The van der Waals surface area contributed by atoms with Crippen LogP contribution in [-0.4, -0.2) is 51.9 Å². The molecule has 7 nitrogen and oxygen atoms in total. The van der Waals surface area contributed by atoms with Crippen LogP contribution >= 0.6 is 0 Å². The molecule has 7 heteroatoms. The van der Waals surface area contributed by atoms with Gasteiger partial charge in [0, 0.05) is 44.3 Å². The highest BCUT2D eigenvalue weighted by Crippen LogP contribution is 2.16. The highest BCUT2D eigenvalue weighted by molar-refractivity contribution is 5.92. The van der Waals surface area contributed by atoms with Crippen molar-refractivity contribution in [2.75, 3.05) is 36.4 Å². The summed E-state index contributed by atoms with van der Waals surface area (Å²) in [7, 11) is 0. The predicted octanol–water partition coefficient (Wildman–Crippen LogP) is 2.89. The number of piperazine rings is 1. The van der Waals surface area contributed by atoms with Gasteiger partial charge in [-0.15, -0.1) is 0 Å². The molecule has 0 saturated carbocycles. The summed E-state index contributed by atoms with van der Waals surface area (Å²) in [6.07, 6.45) is 3.40. The zero-order valence-corrected chi connectivity index (χ0v) is 15.7. The van der Waals surface area contributed by atoms with E-state index >= 15 is 0 Å². The summed E-state index contributed by atoms with van der Waals surface area (Å²) < 4.78 is 0. The predicted molar refractivity (Wildman–Crippen MR) is 109 cm³/mol. The first-order valence-corrected chi connectivity index (χ1v) is 9.31. The fraction of sp³-hybridized carbons (Fsp3) is 0.238. The van der Waals surface area contributed by atoms with Gasteiger partial charge in [0.25, 0.3) is 5.91 Å². The molecule has 0 unspecified atom stereocenters. The van der Waals surface area contributed by atoms with Crippen LogP contribution in [0.1, 0.15) is 16.1 Å². The average molecular weight is 374 g/mol. The van der Waals surface area contributed by atoms with Crippen molar-refractivity contribution < 1.29 is 4.79 Å². The normalized spacial score (nSPS) is 14.0. The number of amides is 1. The molecule has 1 N–H and O–H groups in total. The topological polar surface area (TPSA) is 74.2 Å². The molecule has 4 rings (SSSR count). The molecule has 1 aromatic carbocycles. The Labute approximate surface area is 164 Å². The highest BCUT2D eigenvalue weighted by atomic mass is 16.2. The third-order valence-corrected chi connectivity index (χ3v) is 4.69. The number of carbonyl (C=O) groups excluding carboxylic acids is 1. The van der Waals surface area contributed by atoms with Crippen LogP contribution in [-0.2, 0) is 0 Å². The SMILES string of the molecule is Cc1cccc(Nc2nccc(C(=O)N3CCN(c4ccccn4)CC3)n2)c1.